The third kappa shape index (κ3) is 2.71. The van der Waals surface area contributed by atoms with Crippen LogP contribution in [0.1, 0.15) is 45.4 Å². The van der Waals surface area contributed by atoms with Gasteiger partial charge in [0.25, 0.3) is 0 Å². The van der Waals surface area contributed by atoms with Gasteiger partial charge in [0.2, 0.25) is 5.91 Å². The number of likely N-dealkylation sites (tertiary alicyclic amines) is 1. The second-order valence-corrected chi connectivity index (χ2v) is 6.36. The molecule has 106 valence electrons. The number of rotatable bonds is 2. The average molecular weight is 263 g/mol. The lowest BCUT2D eigenvalue weighted by atomic mass is 9.85. The predicted octanol–water partition coefficient (Wildman–Crippen LogP) is 2.76. The molecule has 0 radical (unpaired) electrons. The van der Waals surface area contributed by atoms with Gasteiger partial charge in [-0.3, -0.25) is 4.79 Å². The highest BCUT2D eigenvalue weighted by molar-refractivity contribution is 5.94. The first-order valence-electron chi connectivity index (χ1n) is 7.81. The van der Waals surface area contributed by atoms with Crippen molar-refractivity contribution in [2.75, 3.05) is 26.3 Å². The van der Waals surface area contributed by atoms with Gasteiger partial charge in [0.1, 0.15) is 0 Å². The van der Waals surface area contributed by atoms with E-state index in [1.54, 1.807) is 0 Å². The molecule has 0 aromatic rings. The molecule has 3 rings (SSSR count). The van der Waals surface area contributed by atoms with Crippen LogP contribution in [0.3, 0.4) is 0 Å². The lowest BCUT2D eigenvalue weighted by Gasteiger charge is -2.27. The van der Waals surface area contributed by atoms with Gasteiger partial charge < -0.3 is 9.64 Å². The Balaban J connectivity index is 1.59. The zero-order valence-corrected chi connectivity index (χ0v) is 12.0. The minimum atomic E-state index is 0.338. The Bertz CT molecular complexity index is 382. The summed E-state index contributed by atoms with van der Waals surface area (Å²) in [7, 11) is 0. The summed E-state index contributed by atoms with van der Waals surface area (Å²) in [4.78, 5) is 14.6. The highest BCUT2D eigenvalue weighted by atomic mass is 16.5. The van der Waals surface area contributed by atoms with Crippen molar-refractivity contribution in [1.82, 2.24) is 4.90 Å². The van der Waals surface area contributed by atoms with Gasteiger partial charge in [-0.25, -0.2) is 0 Å². The molecule has 3 heteroatoms. The van der Waals surface area contributed by atoms with Gasteiger partial charge in [-0.2, -0.15) is 0 Å². The van der Waals surface area contributed by atoms with E-state index in [4.69, 9.17) is 4.74 Å². The Morgan fingerprint density at radius 1 is 1.16 bits per heavy atom. The molecule has 1 atom stereocenters. The minimum absolute atomic E-state index is 0.338. The van der Waals surface area contributed by atoms with Crippen molar-refractivity contribution in [3.05, 3.63) is 11.1 Å². The van der Waals surface area contributed by atoms with Gasteiger partial charge in [0, 0.05) is 31.9 Å². The molecule has 0 spiro atoms. The second kappa shape index (κ2) is 5.66. The van der Waals surface area contributed by atoms with E-state index in [1.165, 1.54) is 31.3 Å². The summed E-state index contributed by atoms with van der Waals surface area (Å²) >= 11 is 0. The molecule has 3 nitrogen and oxygen atoms in total. The highest BCUT2D eigenvalue weighted by Gasteiger charge is 2.34. The maximum Gasteiger partial charge on any atom is 0.249 e. The summed E-state index contributed by atoms with van der Waals surface area (Å²) in [6.07, 6.45) is 6.87. The highest BCUT2D eigenvalue weighted by Crippen LogP contribution is 2.33. The topological polar surface area (TPSA) is 29.5 Å². The largest absolute Gasteiger partial charge is 0.381 e. The molecule has 2 aliphatic heterocycles. The zero-order valence-electron chi connectivity index (χ0n) is 12.0. The summed E-state index contributed by atoms with van der Waals surface area (Å²) in [5.74, 6) is 1.84. The van der Waals surface area contributed by atoms with Crippen molar-refractivity contribution >= 4 is 5.91 Å². The summed E-state index contributed by atoms with van der Waals surface area (Å²) in [6, 6.07) is 0. The molecule has 0 aromatic carbocycles. The van der Waals surface area contributed by atoms with Crippen LogP contribution in [0.5, 0.6) is 0 Å². The summed E-state index contributed by atoms with van der Waals surface area (Å²) in [5.41, 5.74) is 2.45. The second-order valence-electron chi connectivity index (χ2n) is 6.36. The first kappa shape index (κ1) is 13.2. The number of hydrogen-bond acceptors (Lipinski definition) is 2. The van der Waals surface area contributed by atoms with Crippen molar-refractivity contribution in [3.8, 4) is 0 Å². The van der Waals surface area contributed by atoms with E-state index >= 15 is 0 Å². The summed E-state index contributed by atoms with van der Waals surface area (Å²) in [5, 5.41) is 0. The molecule has 0 saturated carbocycles. The van der Waals surface area contributed by atoms with Crippen LogP contribution in [-0.4, -0.2) is 37.1 Å². The molecule has 0 bridgehead atoms. The summed E-state index contributed by atoms with van der Waals surface area (Å²) < 4.78 is 5.44. The van der Waals surface area contributed by atoms with Crippen LogP contribution in [0.15, 0.2) is 11.1 Å². The number of amides is 1. The standard InChI is InChI=1S/C16H25NO2/c1-12-3-2-4-15(12)16(18)17-8-5-14(11-17)13-6-9-19-10-7-13/h13-14H,2-11H2,1H3. The van der Waals surface area contributed by atoms with E-state index in [0.29, 0.717) is 5.91 Å². The fourth-order valence-corrected chi connectivity index (χ4v) is 3.92. The van der Waals surface area contributed by atoms with Crippen molar-refractivity contribution in [2.24, 2.45) is 11.8 Å². The smallest absolute Gasteiger partial charge is 0.249 e. The Morgan fingerprint density at radius 3 is 2.63 bits per heavy atom. The molecule has 3 aliphatic rings. The molecule has 2 heterocycles. The Morgan fingerprint density at radius 2 is 1.95 bits per heavy atom. The van der Waals surface area contributed by atoms with E-state index < -0.39 is 0 Å². The molecule has 19 heavy (non-hydrogen) atoms. The fourth-order valence-electron chi connectivity index (χ4n) is 3.92. The van der Waals surface area contributed by atoms with Gasteiger partial charge in [-0.1, -0.05) is 5.57 Å². The van der Waals surface area contributed by atoms with Crippen molar-refractivity contribution in [3.63, 3.8) is 0 Å². The Hall–Kier alpha value is -0.830. The van der Waals surface area contributed by atoms with Crippen LogP contribution < -0.4 is 0 Å². The lowest BCUT2D eigenvalue weighted by Crippen LogP contribution is -2.32. The average Bonchev–Trinajstić information content (AvgIpc) is 3.08. The molecule has 0 aromatic heterocycles. The first-order valence-corrected chi connectivity index (χ1v) is 7.81. The van der Waals surface area contributed by atoms with Crippen LogP contribution in [-0.2, 0) is 9.53 Å². The predicted molar refractivity (Wildman–Crippen MR) is 74.8 cm³/mol. The van der Waals surface area contributed by atoms with Gasteiger partial charge in [0.15, 0.2) is 0 Å². The van der Waals surface area contributed by atoms with Crippen LogP contribution in [0.2, 0.25) is 0 Å². The quantitative estimate of drug-likeness (QED) is 0.766. The maximum absolute atomic E-state index is 12.5. The van der Waals surface area contributed by atoms with E-state index in [1.807, 2.05) is 0 Å². The van der Waals surface area contributed by atoms with Gasteiger partial charge in [-0.15, -0.1) is 0 Å². The number of carbonyl (C=O) groups excluding carboxylic acids is 1. The van der Waals surface area contributed by atoms with E-state index in [0.717, 1.165) is 56.6 Å². The summed E-state index contributed by atoms with van der Waals surface area (Å²) in [6.45, 7) is 5.92. The number of carbonyl (C=O) groups is 1. The molecular formula is C16H25NO2. The zero-order chi connectivity index (χ0) is 13.2. The minimum Gasteiger partial charge on any atom is -0.381 e. The first-order chi connectivity index (χ1) is 9.25. The fraction of sp³-hybridized carbons (Fsp3) is 0.812. The van der Waals surface area contributed by atoms with Crippen LogP contribution >= 0.6 is 0 Å². The van der Waals surface area contributed by atoms with Crippen molar-refractivity contribution in [2.45, 2.75) is 45.4 Å². The molecule has 1 unspecified atom stereocenters. The van der Waals surface area contributed by atoms with Crippen LogP contribution in [0.25, 0.3) is 0 Å². The molecule has 1 aliphatic carbocycles. The van der Waals surface area contributed by atoms with Gasteiger partial charge in [-0.05, 0) is 57.3 Å². The van der Waals surface area contributed by atoms with E-state index in [2.05, 4.69) is 11.8 Å². The number of allylic oxidation sites excluding steroid dienone is 1. The maximum atomic E-state index is 12.5. The molecule has 2 fully saturated rings. The third-order valence-electron chi connectivity index (χ3n) is 5.20. The van der Waals surface area contributed by atoms with Gasteiger partial charge in [0.05, 0.1) is 0 Å². The SMILES string of the molecule is CC1=C(C(=O)N2CCC(C3CCOCC3)C2)CCC1. The van der Waals surface area contributed by atoms with Gasteiger partial charge >= 0.3 is 0 Å². The van der Waals surface area contributed by atoms with E-state index in [-0.39, 0.29) is 0 Å². The van der Waals surface area contributed by atoms with Crippen LogP contribution in [0, 0.1) is 11.8 Å². The van der Waals surface area contributed by atoms with Crippen molar-refractivity contribution in [1.29, 1.82) is 0 Å². The number of ether oxygens (including phenoxy) is 1. The monoisotopic (exact) mass is 263 g/mol. The lowest BCUT2D eigenvalue weighted by molar-refractivity contribution is -0.126. The Labute approximate surface area is 116 Å². The molecular weight excluding hydrogens is 238 g/mol. The molecule has 1 amide bonds. The Kier molecular flexibility index (Phi) is 3.92. The normalized spacial score (nSPS) is 29.3. The number of nitrogens with zero attached hydrogens (tertiary/aromatic N) is 1. The number of hydrogen-bond donors (Lipinski definition) is 0. The van der Waals surface area contributed by atoms with Crippen LogP contribution in [0.4, 0.5) is 0 Å². The van der Waals surface area contributed by atoms with E-state index in [9.17, 15) is 4.79 Å². The third-order valence-corrected chi connectivity index (χ3v) is 5.20. The van der Waals surface area contributed by atoms with Crippen molar-refractivity contribution < 1.29 is 9.53 Å². The molecule has 2 saturated heterocycles. The molecule has 0 N–H and O–H groups in total.